The van der Waals surface area contributed by atoms with Crippen LogP contribution >= 0.6 is 0 Å². The number of allylic oxidation sites excluding steroid dienone is 1. The fourth-order valence-electron chi connectivity index (χ4n) is 0.398. The fraction of sp³-hybridized carbons (Fsp3) is 0.200. The summed E-state index contributed by atoms with van der Waals surface area (Å²) < 4.78 is 0. The van der Waals surface area contributed by atoms with Gasteiger partial charge < -0.3 is 0 Å². The minimum atomic E-state index is 0. The van der Waals surface area contributed by atoms with Gasteiger partial charge in [-0.25, -0.2) is 0 Å². The molecular formula is C5H5NNaO. The van der Waals surface area contributed by atoms with Gasteiger partial charge in [0.2, 0.25) is 0 Å². The molecule has 1 radical (unpaired) electrons. The molecule has 1 rings (SSSR count). The standard InChI is InChI=1S/C5H5NO.Na/c7-5-1-3-6-4-2-5;/h1,3-4H,2H2;. The quantitative estimate of drug-likeness (QED) is 0.417. The van der Waals surface area contributed by atoms with Crippen LogP contribution in [0, 0.1) is 0 Å². The van der Waals surface area contributed by atoms with Crippen LogP contribution in [0.2, 0.25) is 0 Å². The van der Waals surface area contributed by atoms with Crippen molar-refractivity contribution >= 4 is 41.6 Å². The number of ketones is 1. The summed E-state index contributed by atoms with van der Waals surface area (Å²) >= 11 is 0. The predicted molar refractivity (Wildman–Crippen MR) is 33.0 cm³/mol. The third kappa shape index (κ3) is 2.40. The monoisotopic (exact) mass is 118 g/mol. The van der Waals surface area contributed by atoms with E-state index in [0.717, 1.165) is 0 Å². The van der Waals surface area contributed by atoms with E-state index >= 15 is 0 Å². The molecule has 0 fully saturated rings. The molecule has 8 heavy (non-hydrogen) atoms. The molecule has 3 heteroatoms. The van der Waals surface area contributed by atoms with Gasteiger partial charge in [-0.05, 0) is 6.08 Å². The van der Waals surface area contributed by atoms with Crippen LogP contribution in [0.15, 0.2) is 17.3 Å². The average Bonchev–Trinajstić information content (AvgIpc) is 1.69. The van der Waals surface area contributed by atoms with Crippen molar-refractivity contribution in [1.29, 1.82) is 0 Å². The number of carbonyl (C=O) groups excluding carboxylic acids is 1. The number of nitrogens with zero attached hydrogens (tertiary/aromatic N) is 1. The Morgan fingerprint density at radius 3 is 2.62 bits per heavy atom. The number of hydrogen-bond acceptors (Lipinski definition) is 2. The number of hydrogen-bond donors (Lipinski definition) is 0. The van der Waals surface area contributed by atoms with Gasteiger partial charge in [-0.2, -0.15) is 0 Å². The zero-order valence-corrected chi connectivity index (χ0v) is 6.79. The van der Waals surface area contributed by atoms with Gasteiger partial charge in [-0.3, -0.25) is 9.79 Å². The molecule has 37 valence electrons. The van der Waals surface area contributed by atoms with Gasteiger partial charge in [-0.15, -0.1) is 0 Å². The van der Waals surface area contributed by atoms with Crippen LogP contribution in [0.5, 0.6) is 0 Å². The van der Waals surface area contributed by atoms with Crippen LogP contribution in [0.1, 0.15) is 6.42 Å². The molecule has 0 aromatic rings. The van der Waals surface area contributed by atoms with Gasteiger partial charge in [-0.1, -0.05) is 0 Å². The average molecular weight is 118 g/mol. The maximum Gasteiger partial charge on any atom is 0.162 e. The summed E-state index contributed by atoms with van der Waals surface area (Å²) in [4.78, 5) is 14.0. The van der Waals surface area contributed by atoms with Gasteiger partial charge in [0.15, 0.2) is 5.78 Å². The molecule has 0 saturated carbocycles. The van der Waals surface area contributed by atoms with Gasteiger partial charge in [0, 0.05) is 48.4 Å². The van der Waals surface area contributed by atoms with Crippen molar-refractivity contribution in [3.05, 3.63) is 12.3 Å². The van der Waals surface area contributed by atoms with Crippen molar-refractivity contribution in [2.75, 3.05) is 0 Å². The van der Waals surface area contributed by atoms with Crippen LogP contribution in [-0.4, -0.2) is 41.6 Å². The van der Waals surface area contributed by atoms with Crippen molar-refractivity contribution in [2.24, 2.45) is 4.99 Å². The summed E-state index contributed by atoms with van der Waals surface area (Å²) in [6, 6.07) is 0. The van der Waals surface area contributed by atoms with E-state index in [2.05, 4.69) is 4.99 Å². The third-order valence-electron chi connectivity index (χ3n) is 0.744. The van der Waals surface area contributed by atoms with Gasteiger partial charge in [0.1, 0.15) is 0 Å². The van der Waals surface area contributed by atoms with Gasteiger partial charge >= 0.3 is 0 Å². The summed E-state index contributed by atoms with van der Waals surface area (Å²) in [7, 11) is 0. The maximum atomic E-state index is 10.3. The van der Waals surface area contributed by atoms with E-state index in [1.165, 1.54) is 12.3 Å². The SMILES string of the molecule is O=C1C=CN=CC1.[Na]. The topological polar surface area (TPSA) is 29.4 Å². The Bertz CT molecular complexity index is 139. The number of rotatable bonds is 0. The Morgan fingerprint density at radius 1 is 1.62 bits per heavy atom. The molecule has 0 spiro atoms. The van der Waals surface area contributed by atoms with E-state index in [4.69, 9.17) is 0 Å². The molecule has 1 aliphatic heterocycles. The molecule has 1 heterocycles. The second kappa shape index (κ2) is 4.01. The van der Waals surface area contributed by atoms with Crippen LogP contribution in [0.25, 0.3) is 0 Å². The summed E-state index contributed by atoms with van der Waals surface area (Å²) in [6.45, 7) is 0. The van der Waals surface area contributed by atoms with Crippen molar-refractivity contribution in [2.45, 2.75) is 6.42 Å². The minimum absolute atomic E-state index is 0. The minimum Gasteiger partial charge on any atom is -0.294 e. The second-order valence-corrected chi connectivity index (χ2v) is 1.32. The second-order valence-electron chi connectivity index (χ2n) is 1.32. The molecule has 1 aliphatic rings. The van der Waals surface area contributed by atoms with Crippen molar-refractivity contribution in [1.82, 2.24) is 0 Å². The van der Waals surface area contributed by atoms with Crippen LogP contribution in [0.3, 0.4) is 0 Å². The molecule has 2 nitrogen and oxygen atoms in total. The molecule has 0 unspecified atom stereocenters. The summed E-state index contributed by atoms with van der Waals surface area (Å²) in [6.07, 6.45) is 5.05. The molecule has 0 atom stereocenters. The fourth-order valence-corrected chi connectivity index (χ4v) is 0.398. The maximum absolute atomic E-state index is 10.3. The molecule has 0 saturated heterocycles. The van der Waals surface area contributed by atoms with Crippen molar-refractivity contribution in [3.8, 4) is 0 Å². The molecule has 0 bridgehead atoms. The first kappa shape index (κ1) is 8.08. The Hall–Kier alpha value is 0.0800. The Morgan fingerprint density at radius 2 is 2.38 bits per heavy atom. The smallest absolute Gasteiger partial charge is 0.162 e. The summed E-state index contributed by atoms with van der Waals surface area (Å²) in [5.41, 5.74) is 0. The summed E-state index contributed by atoms with van der Waals surface area (Å²) in [5.74, 6) is 0.134. The normalized spacial score (nSPS) is 15.8. The van der Waals surface area contributed by atoms with E-state index in [1.54, 1.807) is 6.21 Å². The molecule has 0 N–H and O–H groups in total. The first-order valence-corrected chi connectivity index (χ1v) is 2.10. The molecule has 0 aliphatic carbocycles. The Kier molecular flexibility index (Phi) is 4.05. The molecule has 0 aromatic carbocycles. The largest absolute Gasteiger partial charge is 0.294 e. The molecule has 0 aromatic heterocycles. The zero-order valence-electron chi connectivity index (χ0n) is 4.79. The Labute approximate surface area is 70.0 Å². The van der Waals surface area contributed by atoms with E-state index in [-0.39, 0.29) is 35.3 Å². The van der Waals surface area contributed by atoms with Crippen LogP contribution in [-0.2, 0) is 4.79 Å². The number of carbonyl (C=O) groups is 1. The molecule has 0 amide bonds. The van der Waals surface area contributed by atoms with E-state index in [0.29, 0.717) is 6.42 Å². The first-order valence-electron chi connectivity index (χ1n) is 2.10. The van der Waals surface area contributed by atoms with E-state index < -0.39 is 0 Å². The predicted octanol–water partition coefficient (Wildman–Crippen LogP) is 0.163. The zero-order chi connectivity index (χ0) is 5.11. The van der Waals surface area contributed by atoms with Crippen LogP contribution in [0.4, 0.5) is 0 Å². The van der Waals surface area contributed by atoms with Gasteiger partial charge in [0.25, 0.3) is 0 Å². The summed E-state index contributed by atoms with van der Waals surface area (Å²) in [5, 5.41) is 0. The van der Waals surface area contributed by atoms with Crippen LogP contribution < -0.4 is 0 Å². The number of aliphatic imine (C=N–C) groups is 1. The van der Waals surface area contributed by atoms with E-state index in [1.807, 2.05) is 0 Å². The Balaban J connectivity index is 0.000000490. The third-order valence-corrected chi connectivity index (χ3v) is 0.744. The van der Waals surface area contributed by atoms with Gasteiger partial charge in [0.05, 0.1) is 0 Å². The van der Waals surface area contributed by atoms with Crippen molar-refractivity contribution in [3.63, 3.8) is 0 Å². The first-order chi connectivity index (χ1) is 3.39. The molecular weight excluding hydrogens is 113 g/mol. The van der Waals surface area contributed by atoms with E-state index in [9.17, 15) is 4.79 Å². The van der Waals surface area contributed by atoms with Crippen molar-refractivity contribution < 1.29 is 4.79 Å².